The molecule has 2 aliphatic rings. The molecule has 0 radical (unpaired) electrons. The lowest BCUT2D eigenvalue weighted by molar-refractivity contribution is 0.383. The van der Waals surface area contributed by atoms with Crippen LogP contribution in [0.4, 0.5) is 0 Å². The molecule has 226 valence electrons. The molecule has 0 saturated heterocycles. The van der Waals surface area contributed by atoms with E-state index < -0.39 is 0 Å². The lowest BCUT2D eigenvalue weighted by atomic mass is 9.82. The fourth-order valence-electron chi connectivity index (χ4n) is 7.64. The van der Waals surface area contributed by atoms with E-state index in [9.17, 15) is 0 Å². The molecule has 1 aromatic heterocycles. The Bertz CT molecular complexity index is 2380. The number of aromatic nitrogens is 1. The minimum Gasteiger partial charge on any atom is -0.333 e. The Hall–Kier alpha value is -5.74. The minimum atomic E-state index is -0.215. The summed E-state index contributed by atoms with van der Waals surface area (Å²) in [5.74, 6) is 1.66. The summed E-state index contributed by atoms with van der Waals surface area (Å²) in [5, 5.41) is 2.55. The van der Waals surface area contributed by atoms with Crippen molar-refractivity contribution in [3.8, 4) is 16.8 Å². The number of rotatable bonds is 4. The second-order valence-corrected chi connectivity index (χ2v) is 13.1. The van der Waals surface area contributed by atoms with E-state index >= 15 is 0 Å². The largest absolute Gasteiger partial charge is 0.333 e. The Kier molecular flexibility index (Phi) is 6.10. The molecule has 0 saturated carbocycles. The summed E-state index contributed by atoms with van der Waals surface area (Å²) in [7, 11) is 2.09. The molecule has 4 nitrogen and oxygen atoms in total. The lowest BCUT2D eigenvalue weighted by Gasteiger charge is -2.32. The first-order valence-corrected chi connectivity index (χ1v) is 16.3. The van der Waals surface area contributed by atoms with Crippen molar-refractivity contribution in [2.45, 2.75) is 25.4 Å². The molecule has 0 fully saturated rings. The van der Waals surface area contributed by atoms with Gasteiger partial charge in [0.1, 0.15) is 12.0 Å². The highest BCUT2D eigenvalue weighted by Crippen LogP contribution is 2.51. The predicted molar refractivity (Wildman–Crippen MR) is 195 cm³/mol. The summed E-state index contributed by atoms with van der Waals surface area (Å²) in [6.45, 7) is 4.70. The molecular weight excluding hydrogens is 573 g/mol. The number of benzene rings is 6. The van der Waals surface area contributed by atoms with E-state index in [0.29, 0.717) is 0 Å². The molecule has 0 bridgehead atoms. The van der Waals surface area contributed by atoms with Gasteiger partial charge in [-0.3, -0.25) is 0 Å². The molecule has 1 aliphatic carbocycles. The average molecular weight is 607 g/mol. The van der Waals surface area contributed by atoms with Crippen LogP contribution in [-0.2, 0) is 5.41 Å². The van der Waals surface area contributed by atoms with E-state index in [1.807, 2.05) is 24.3 Å². The smallest absolute Gasteiger partial charge is 0.159 e. The number of fused-ring (bicyclic) bond motifs is 6. The molecule has 2 heterocycles. The van der Waals surface area contributed by atoms with Crippen molar-refractivity contribution in [1.29, 1.82) is 0 Å². The summed E-state index contributed by atoms with van der Waals surface area (Å²) < 4.78 is 2.42. The molecule has 47 heavy (non-hydrogen) atoms. The van der Waals surface area contributed by atoms with Gasteiger partial charge in [-0.25, -0.2) is 9.98 Å². The van der Waals surface area contributed by atoms with E-state index in [2.05, 4.69) is 152 Å². The maximum absolute atomic E-state index is 5.19. The standard InChI is InChI=1S/C43H34N4/c1-43(2)36-20-12-10-18-32(36)34-26-35-33-19-11-13-21-38(33)47(39(35)27-37(34)43)31-24-22-30(23-25-31)42-45-40(28-14-6-4-7-15-28)44-41(46(42)3)29-16-8-5-9-17-29/h4-27,42H,1-3H3. The molecule has 7 aromatic rings. The molecular formula is C43H34N4. The molecule has 1 atom stereocenters. The Morgan fingerprint density at radius 3 is 2.00 bits per heavy atom. The van der Waals surface area contributed by atoms with Crippen LogP contribution < -0.4 is 0 Å². The predicted octanol–water partition coefficient (Wildman–Crippen LogP) is 9.93. The molecule has 0 N–H and O–H groups in total. The van der Waals surface area contributed by atoms with Crippen molar-refractivity contribution in [2.24, 2.45) is 9.98 Å². The molecule has 1 unspecified atom stereocenters. The molecule has 0 amide bonds. The summed E-state index contributed by atoms with van der Waals surface area (Å²) in [6, 6.07) is 52.1. The van der Waals surface area contributed by atoms with Crippen LogP contribution in [0.3, 0.4) is 0 Å². The van der Waals surface area contributed by atoms with Gasteiger partial charge in [0.2, 0.25) is 0 Å². The Labute approximate surface area is 275 Å². The SMILES string of the molecule is CN1C(c2ccccc2)=NC(c2ccccc2)=NC1c1ccc(-n2c3ccccc3c3cc4c(cc32)C(C)(C)c2ccccc2-4)cc1. The second kappa shape index (κ2) is 10.4. The van der Waals surface area contributed by atoms with Crippen LogP contribution in [-0.4, -0.2) is 28.2 Å². The van der Waals surface area contributed by atoms with Crippen LogP contribution >= 0.6 is 0 Å². The van der Waals surface area contributed by atoms with Crippen LogP contribution in [0.5, 0.6) is 0 Å². The topological polar surface area (TPSA) is 32.9 Å². The van der Waals surface area contributed by atoms with E-state index in [4.69, 9.17) is 9.98 Å². The van der Waals surface area contributed by atoms with Gasteiger partial charge in [0.15, 0.2) is 5.84 Å². The number of aliphatic imine (C=N–C) groups is 2. The normalized spacial score (nSPS) is 16.6. The molecule has 4 heteroatoms. The third-order valence-corrected chi connectivity index (χ3v) is 10.0. The van der Waals surface area contributed by atoms with Gasteiger partial charge in [0.05, 0.1) is 11.0 Å². The average Bonchev–Trinajstić information content (AvgIpc) is 3.56. The fraction of sp³-hybridized carbons (Fsp3) is 0.116. The zero-order valence-corrected chi connectivity index (χ0v) is 26.7. The van der Waals surface area contributed by atoms with Gasteiger partial charge in [0, 0.05) is 40.0 Å². The highest BCUT2D eigenvalue weighted by molar-refractivity contribution is 6.13. The zero-order valence-electron chi connectivity index (χ0n) is 26.7. The minimum absolute atomic E-state index is 0.0662. The van der Waals surface area contributed by atoms with Gasteiger partial charge in [-0.15, -0.1) is 0 Å². The number of hydrogen-bond donors (Lipinski definition) is 0. The Balaban J connectivity index is 1.17. The fourth-order valence-corrected chi connectivity index (χ4v) is 7.64. The van der Waals surface area contributed by atoms with Crippen LogP contribution in [0.25, 0.3) is 38.6 Å². The van der Waals surface area contributed by atoms with Gasteiger partial charge < -0.3 is 9.47 Å². The first-order valence-electron chi connectivity index (χ1n) is 16.3. The first kappa shape index (κ1) is 27.6. The Morgan fingerprint density at radius 2 is 1.23 bits per heavy atom. The van der Waals surface area contributed by atoms with E-state index in [1.54, 1.807) is 0 Å². The van der Waals surface area contributed by atoms with Crippen LogP contribution in [0.2, 0.25) is 0 Å². The van der Waals surface area contributed by atoms with E-state index in [0.717, 1.165) is 34.0 Å². The van der Waals surface area contributed by atoms with Gasteiger partial charge in [-0.2, -0.15) is 0 Å². The van der Waals surface area contributed by atoms with Crippen molar-refractivity contribution in [2.75, 3.05) is 7.05 Å². The highest BCUT2D eigenvalue weighted by Gasteiger charge is 2.36. The highest BCUT2D eigenvalue weighted by atomic mass is 15.3. The first-order chi connectivity index (χ1) is 23.0. The van der Waals surface area contributed by atoms with Crippen molar-refractivity contribution in [1.82, 2.24) is 9.47 Å². The third-order valence-electron chi connectivity index (χ3n) is 10.0. The Morgan fingerprint density at radius 1 is 0.574 bits per heavy atom. The van der Waals surface area contributed by atoms with Crippen molar-refractivity contribution in [3.63, 3.8) is 0 Å². The van der Waals surface area contributed by atoms with Gasteiger partial charge in [-0.1, -0.05) is 129 Å². The molecule has 9 rings (SSSR count). The second-order valence-electron chi connectivity index (χ2n) is 13.1. The number of para-hydroxylation sites is 1. The van der Waals surface area contributed by atoms with Crippen molar-refractivity contribution < 1.29 is 0 Å². The maximum atomic E-state index is 5.19. The van der Waals surface area contributed by atoms with Crippen molar-refractivity contribution in [3.05, 3.63) is 173 Å². The third kappa shape index (κ3) is 4.21. The number of nitrogens with zero attached hydrogens (tertiary/aromatic N) is 4. The maximum Gasteiger partial charge on any atom is 0.159 e. The molecule has 6 aromatic carbocycles. The van der Waals surface area contributed by atoms with Crippen LogP contribution in [0.15, 0.2) is 156 Å². The number of hydrogen-bond acceptors (Lipinski definition) is 3. The van der Waals surface area contributed by atoms with Crippen LogP contribution in [0.1, 0.15) is 47.8 Å². The van der Waals surface area contributed by atoms with E-state index in [1.165, 1.54) is 44.1 Å². The van der Waals surface area contributed by atoms with E-state index in [-0.39, 0.29) is 11.6 Å². The monoisotopic (exact) mass is 606 g/mol. The molecule has 0 spiro atoms. The summed E-state index contributed by atoms with van der Waals surface area (Å²) in [6.07, 6.45) is -0.215. The van der Waals surface area contributed by atoms with Gasteiger partial charge in [-0.05, 0) is 58.1 Å². The lowest BCUT2D eigenvalue weighted by Crippen LogP contribution is -2.35. The summed E-state index contributed by atoms with van der Waals surface area (Å²) >= 11 is 0. The molecule has 1 aliphatic heterocycles. The van der Waals surface area contributed by atoms with Crippen LogP contribution in [0, 0.1) is 0 Å². The quantitative estimate of drug-likeness (QED) is 0.196. The van der Waals surface area contributed by atoms with Crippen molar-refractivity contribution >= 4 is 33.5 Å². The van der Waals surface area contributed by atoms with Gasteiger partial charge >= 0.3 is 0 Å². The zero-order chi connectivity index (χ0) is 31.7. The number of amidine groups is 2. The summed E-state index contributed by atoms with van der Waals surface area (Å²) in [4.78, 5) is 12.4. The summed E-state index contributed by atoms with van der Waals surface area (Å²) in [5.41, 5.74) is 12.2. The van der Waals surface area contributed by atoms with Gasteiger partial charge in [0.25, 0.3) is 0 Å².